The molecule has 0 atom stereocenters. The maximum Gasteiger partial charge on any atom is 0.446 e. The van der Waals surface area contributed by atoms with E-state index in [1.54, 1.807) is 30.3 Å². The predicted octanol–water partition coefficient (Wildman–Crippen LogP) is 6.75. The summed E-state index contributed by atoms with van der Waals surface area (Å²) in [4.78, 5) is 38.7. The summed E-state index contributed by atoms with van der Waals surface area (Å²) in [6.45, 7) is -0.413. The van der Waals surface area contributed by atoms with Gasteiger partial charge in [0.1, 0.15) is 12.4 Å². The number of nitrogens with zero attached hydrogens (tertiary/aromatic N) is 2. The fraction of sp³-hybridized carbons (Fsp3) is 0.125. The van der Waals surface area contributed by atoms with Gasteiger partial charge < -0.3 is 4.74 Å². The van der Waals surface area contributed by atoms with Gasteiger partial charge in [0.2, 0.25) is 0 Å². The second kappa shape index (κ2) is 11.4. The van der Waals surface area contributed by atoms with Crippen molar-refractivity contribution in [1.29, 1.82) is 0 Å². The second-order valence-corrected chi connectivity index (χ2v) is 8.42. The fourth-order valence-electron chi connectivity index (χ4n) is 3.03. The third kappa shape index (κ3) is 6.82. The van der Waals surface area contributed by atoms with Crippen molar-refractivity contribution in [1.82, 2.24) is 4.90 Å². The molecule has 4 amide bonds. The third-order valence-corrected chi connectivity index (χ3v) is 5.49. The highest BCUT2D eigenvalue weighted by molar-refractivity contribution is 8.00. The minimum absolute atomic E-state index is 0.168. The summed E-state index contributed by atoms with van der Waals surface area (Å²) < 4.78 is 85.4. The summed E-state index contributed by atoms with van der Waals surface area (Å²) in [5.41, 5.74) is -5.83. The average molecular weight is 542 g/mol. The van der Waals surface area contributed by atoms with E-state index in [4.69, 9.17) is 4.74 Å². The number of carbonyl (C=O) groups excluding carboxylic acids is 3. The zero-order valence-electron chi connectivity index (χ0n) is 18.8. The maximum absolute atomic E-state index is 14.6. The van der Waals surface area contributed by atoms with E-state index in [2.05, 4.69) is 0 Å². The lowest BCUT2D eigenvalue weighted by atomic mass is 10.2. The van der Waals surface area contributed by atoms with Crippen molar-refractivity contribution < 1.29 is 45.5 Å². The molecule has 13 heteroatoms. The van der Waals surface area contributed by atoms with Gasteiger partial charge in [0, 0.05) is 11.9 Å². The number of hydrogen-bond donors (Lipinski definition) is 0. The highest BCUT2D eigenvalue weighted by Crippen LogP contribution is 2.38. The molecule has 0 saturated heterocycles. The molecule has 37 heavy (non-hydrogen) atoms. The molecule has 0 aromatic heterocycles. The quantitative estimate of drug-likeness (QED) is 0.264. The topological polar surface area (TPSA) is 66.9 Å². The average Bonchev–Trinajstić information content (AvgIpc) is 2.83. The van der Waals surface area contributed by atoms with E-state index in [1.165, 1.54) is 0 Å². The van der Waals surface area contributed by atoms with E-state index < -0.39 is 75.5 Å². The lowest BCUT2D eigenvalue weighted by molar-refractivity contribution is -0.0328. The molecule has 0 aliphatic carbocycles. The first-order chi connectivity index (χ1) is 17.4. The number of ether oxygens (including phenoxy) is 1. The van der Waals surface area contributed by atoms with Crippen LogP contribution in [0.4, 0.5) is 41.6 Å². The largest absolute Gasteiger partial charge is 0.446 e. The highest BCUT2D eigenvalue weighted by atomic mass is 32.2. The van der Waals surface area contributed by atoms with Gasteiger partial charge in [-0.15, -0.1) is 0 Å². The van der Waals surface area contributed by atoms with Crippen LogP contribution in [0.15, 0.2) is 71.6 Å². The zero-order valence-corrected chi connectivity index (χ0v) is 19.6. The third-order valence-electron chi connectivity index (χ3n) is 4.77. The Morgan fingerprint density at radius 1 is 0.892 bits per heavy atom. The molecule has 0 aliphatic heterocycles. The summed E-state index contributed by atoms with van der Waals surface area (Å²) in [5.74, 6) is -5.99. The first-order valence-corrected chi connectivity index (χ1v) is 11.0. The summed E-state index contributed by atoms with van der Waals surface area (Å²) in [5, 5.41) is 0. The van der Waals surface area contributed by atoms with Gasteiger partial charge in [-0.25, -0.2) is 22.8 Å². The van der Waals surface area contributed by atoms with Gasteiger partial charge in [-0.2, -0.15) is 18.1 Å². The number of thioether (sulfide) groups is 1. The van der Waals surface area contributed by atoms with Crippen molar-refractivity contribution in [3.05, 3.63) is 95.3 Å². The first-order valence-electron chi connectivity index (χ1n) is 10.2. The molecule has 3 aromatic carbocycles. The van der Waals surface area contributed by atoms with Crippen LogP contribution >= 0.6 is 11.8 Å². The van der Waals surface area contributed by atoms with Crippen LogP contribution in [0.5, 0.6) is 0 Å². The minimum Gasteiger partial charge on any atom is -0.444 e. The number of benzene rings is 3. The summed E-state index contributed by atoms with van der Waals surface area (Å²) in [6.07, 6.45) is -1.58. The molecule has 194 valence electrons. The molecule has 0 N–H and O–H groups in total. The number of rotatable bonds is 5. The van der Waals surface area contributed by atoms with Crippen LogP contribution in [0, 0.1) is 17.5 Å². The number of halogens is 6. The van der Waals surface area contributed by atoms with Gasteiger partial charge in [0.15, 0.2) is 11.6 Å². The number of anilines is 1. The van der Waals surface area contributed by atoms with Crippen LogP contribution in [0.3, 0.4) is 0 Å². The van der Waals surface area contributed by atoms with Crippen molar-refractivity contribution in [2.24, 2.45) is 0 Å². The number of carbonyl (C=O) groups is 3. The van der Waals surface area contributed by atoms with Crippen LogP contribution in [0.25, 0.3) is 0 Å². The van der Waals surface area contributed by atoms with Crippen molar-refractivity contribution in [3.63, 3.8) is 0 Å². The van der Waals surface area contributed by atoms with Gasteiger partial charge in [-0.05, 0) is 47.7 Å². The summed E-state index contributed by atoms with van der Waals surface area (Å²) in [6, 6.07) is 11.2. The number of amides is 4. The van der Waals surface area contributed by atoms with Gasteiger partial charge in [0.25, 0.3) is 5.91 Å². The second-order valence-electron chi connectivity index (χ2n) is 7.28. The smallest absolute Gasteiger partial charge is 0.444 e. The lowest BCUT2D eigenvalue weighted by Gasteiger charge is -2.25. The molecule has 0 spiro atoms. The highest BCUT2D eigenvalue weighted by Gasteiger charge is 2.37. The van der Waals surface area contributed by atoms with E-state index in [0.717, 1.165) is 31.3 Å². The predicted molar refractivity (Wildman–Crippen MR) is 121 cm³/mol. The van der Waals surface area contributed by atoms with Gasteiger partial charge in [-0.3, -0.25) is 9.69 Å². The number of hydrogen-bond acceptors (Lipinski definition) is 5. The van der Waals surface area contributed by atoms with Crippen molar-refractivity contribution in [2.45, 2.75) is 17.0 Å². The Labute approximate surface area is 210 Å². The van der Waals surface area contributed by atoms with Crippen molar-refractivity contribution in [3.8, 4) is 0 Å². The molecular formula is C24H16F6N2O4S. The number of imide groups is 3. The number of alkyl halides is 3. The Morgan fingerprint density at radius 3 is 2.19 bits per heavy atom. The van der Waals surface area contributed by atoms with Gasteiger partial charge in [0.05, 0.1) is 11.3 Å². The lowest BCUT2D eigenvalue weighted by Crippen LogP contribution is -2.49. The summed E-state index contributed by atoms with van der Waals surface area (Å²) >= 11 is -0.595. The van der Waals surface area contributed by atoms with Crippen LogP contribution in [-0.2, 0) is 11.3 Å². The van der Waals surface area contributed by atoms with Crippen molar-refractivity contribution >= 4 is 35.5 Å². The molecule has 0 fully saturated rings. The molecule has 6 nitrogen and oxygen atoms in total. The van der Waals surface area contributed by atoms with E-state index in [0.29, 0.717) is 22.6 Å². The normalized spacial score (nSPS) is 11.1. The van der Waals surface area contributed by atoms with Gasteiger partial charge >= 0.3 is 17.6 Å². The molecule has 3 rings (SSSR count). The Morgan fingerprint density at radius 2 is 1.57 bits per heavy atom. The standard InChI is InChI=1S/C24H16F6N2O4S/c1-31(19-11-10-15(12-18(19)26)37-24(28,29)30)22(34)32(21(33)16-8-5-9-17(25)20(16)27)23(35)36-13-14-6-3-2-4-7-14/h2-12H,13H2,1H3. The maximum atomic E-state index is 14.6. The molecule has 0 radical (unpaired) electrons. The first kappa shape index (κ1) is 27.6. The Bertz CT molecular complexity index is 1320. The van der Waals surface area contributed by atoms with E-state index >= 15 is 0 Å². The van der Waals surface area contributed by atoms with E-state index in [1.807, 2.05) is 0 Å². The van der Waals surface area contributed by atoms with E-state index in [9.17, 15) is 40.7 Å². The molecule has 0 bridgehead atoms. The molecule has 0 heterocycles. The zero-order chi connectivity index (χ0) is 27.3. The SMILES string of the molecule is CN(C(=O)N(C(=O)OCc1ccccc1)C(=O)c1cccc(F)c1F)c1ccc(SC(F)(F)F)cc1F. The summed E-state index contributed by atoms with van der Waals surface area (Å²) in [7, 11) is 0.921. The Hall–Kier alpha value is -4.00. The number of urea groups is 1. The molecule has 3 aromatic rings. The van der Waals surface area contributed by atoms with Crippen molar-refractivity contribution in [2.75, 3.05) is 11.9 Å². The van der Waals surface area contributed by atoms with Crippen LogP contribution < -0.4 is 4.90 Å². The van der Waals surface area contributed by atoms with Gasteiger partial charge in [-0.1, -0.05) is 36.4 Å². The minimum atomic E-state index is -4.70. The van der Waals surface area contributed by atoms with E-state index in [-0.39, 0.29) is 4.90 Å². The monoisotopic (exact) mass is 542 g/mol. The fourth-order valence-corrected chi connectivity index (χ4v) is 3.60. The Kier molecular flexibility index (Phi) is 8.48. The van der Waals surface area contributed by atoms with Crippen LogP contribution in [0.1, 0.15) is 15.9 Å². The van der Waals surface area contributed by atoms with Crippen LogP contribution in [-0.4, -0.2) is 35.5 Å². The molecule has 0 unspecified atom stereocenters. The molecular weight excluding hydrogens is 526 g/mol. The van der Waals surface area contributed by atoms with Crippen LogP contribution in [0.2, 0.25) is 0 Å². The Balaban J connectivity index is 1.94. The molecule has 0 aliphatic rings. The molecule has 0 saturated carbocycles.